The maximum absolute atomic E-state index is 13.1. The van der Waals surface area contributed by atoms with Crippen molar-refractivity contribution in [2.45, 2.75) is 30.5 Å². The Bertz CT molecular complexity index is 2140. The molecule has 4 nitrogen and oxygen atoms in total. The lowest BCUT2D eigenvalue weighted by molar-refractivity contribution is 0.0981. The maximum Gasteiger partial charge on any atom is 0.178 e. The van der Waals surface area contributed by atoms with Gasteiger partial charge in [0.05, 0.1) is 0 Å². The molecule has 0 heterocycles. The van der Waals surface area contributed by atoms with Gasteiger partial charge in [-0.2, -0.15) is 0 Å². The standard InChI is InChI=1S/C41H28O4/c42-38-26-30-14-1-5-18-34(30)40(44,36-20-7-3-16-32(36)38)23-10-13-28-11-9-12-29(25-28)22-24-41(45)35-19-6-2-15-31(35)27-39(43)33-17-4-8-21-37(33)41/h1-9,11-12,14-21,25,44-45H,13,26-27H2. The Kier molecular flexibility index (Phi) is 7.03. The van der Waals surface area contributed by atoms with Crippen molar-refractivity contribution < 1.29 is 19.8 Å². The van der Waals surface area contributed by atoms with E-state index in [0.29, 0.717) is 45.4 Å². The molecular weight excluding hydrogens is 556 g/mol. The van der Waals surface area contributed by atoms with Crippen molar-refractivity contribution in [1.82, 2.24) is 0 Å². The molecule has 216 valence electrons. The van der Waals surface area contributed by atoms with Gasteiger partial charge in [0.1, 0.15) is 0 Å². The van der Waals surface area contributed by atoms with Crippen LogP contribution in [0.1, 0.15) is 65.2 Å². The van der Waals surface area contributed by atoms with Crippen molar-refractivity contribution in [3.8, 4) is 23.7 Å². The first kappa shape index (κ1) is 28.3. The molecule has 2 N–H and O–H groups in total. The minimum absolute atomic E-state index is 0.0491. The molecule has 2 aliphatic carbocycles. The highest BCUT2D eigenvalue weighted by atomic mass is 16.3. The molecule has 7 rings (SSSR count). The van der Waals surface area contributed by atoms with Gasteiger partial charge in [-0.1, -0.05) is 133 Å². The summed E-state index contributed by atoms with van der Waals surface area (Å²) in [4.78, 5) is 26.1. The van der Waals surface area contributed by atoms with Crippen LogP contribution in [-0.2, 0) is 30.5 Å². The number of Topliss-reactive ketones (excluding diaryl/α,β-unsaturated/α-hetero) is 2. The molecule has 0 spiro atoms. The van der Waals surface area contributed by atoms with E-state index in [0.717, 1.165) is 16.7 Å². The lowest BCUT2D eigenvalue weighted by Gasteiger charge is -2.25. The van der Waals surface area contributed by atoms with Gasteiger partial charge in [-0.25, -0.2) is 0 Å². The fourth-order valence-electron chi connectivity index (χ4n) is 6.43. The normalized spacial score (nSPS) is 19.6. The summed E-state index contributed by atoms with van der Waals surface area (Å²) in [5.41, 5.74) is 2.89. The number of aliphatic hydroxyl groups is 2. The number of ketones is 2. The van der Waals surface area contributed by atoms with Crippen molar-refractivity contribution >= 4 is 11.6 Å². The number of rotatable bonds is 1. The van der Waals surface area contributed by atoms with Crippen LogP contribution in [0, 0.1) is 23.7 Å². The molecule has 5 aromatic carbocycles. The van der Waals surface area contributed by atoms with Gasteiger partial charge in [-0.3, -0.25) is 9.59 Å². The Labute approximate surface area is 262 Å². The van der Waals surface area contributed by atoms with Crippen LogP contribution in [0.2, 0.25) is 0 Å². The lowest BCUT2D eigenvalue weighted by atomic mass is 9.83. The molecule has 2 aliphatic rings. The fraction of sp³-hybridized carbons (Fsp3) is 0.122. The summed E-state index contributed by atoms with van der Waals surface area (Å²) in [6.07, 6.45) is 0.731. The molecule has 4 heteroatoms. The van der Waals surface area contributed by atoms with Gasteiger partial charge < -0.3 is 10.2 Å². The molecule has 0 saturated carbocycles. The van der Waals surface area contributed by atoms with Crippen molar-refractivity contribution in [2.24, 2.45) is 0 Å². The lowest BCUT2D eigenvalue weighted by Crippen LogP contribution is -2.27. The third kappa shape index (κ3) is 4.97. The minimum Gasteiger partial charge on any atom is -0.369 e. The van der Waals surface area contributed by atoms with E-state index >= 15 is 0 Å². The SMILES string of the molecule is O=C1Cc2ccccc2C(O)(C#CCc2cccc(C#CC3(O)c4ccccc4CC(=O)c4ccccc43)c2)c2ccccc21. The van der Waals surface area contributed by atoms with Gasteiger partial charge in [0.25, 0.3) is 0 Å². The number of fused-ring (bicyclic) bond motifs is 4. The van der Waals surface area contributed by atoms with E-state index in [2.05, 4.69) is 23.7 Å². The first-order valence-electron chi connectivity index (χ1n) is 14.9. The largest absolute Gasteiger partial charge is 0.369 e. The van der Waals surface area contributed by atoms with E-state index in [4.69, 9.17) is 0 Å². The van der Waals surface area contributed by atoms with Crippen LogP contribution in [0.5, 0.6) is 0 Å². The summed E-state index contributed by atoms with van der Waals surface area (Å²) in [5, 5.41) is 24.2. The summed E-state index contributed by atoms with van der Waals surface area (Å²) < 4.78 is 0. The third-order valence-corrected chi connectivity index (χ3v) is 8.63. The summed E-state index contributed by atoms with van der Waals surface area (Å²) >= 11 is 0. The average molecular weight is 585 g/mol. The average Bonchev–Trinajstić information content (AvgIpc) is 3.22. The van der Waals surface area contributed by atoms with Crippen LogP contribution >= 0.6 is 0 Å². The predicted molar refractivity (Wildman–Crippen MR) is 173 cm³/mol. The molecule has 0 aliphatic heterocycles. The number of benzene rings is 5. The van der Waals surface area contributed by atoms with Gasteiger partial charge in [-0.15, -0.1) is 0 Å². The second-order valence-corrected chi connectivity index (χ2v) is 11.5. The molecule has 0 saturated heterocycles. The van der Waals surface area contributed by atoms with Crippen LogP contribution in [0.15, 0.2) is 121 Å². The highest BCUT2D eigenvalue weighted by molar-refractivity contribution is 6.01. The summed E-state index contributed by atoms with van der Waals surface area (Å²) in [6, 6.07) is 36.6. The smallest absolute Gasteiger partial charge is 0.178 e. The van der Waals surface area contributed by atoms with Gasteiger partial charge in [-0.05, 0) is 28.8 Å². The molecular formula is C41H28O4. The summed E-state index contributed by atoms with van der Waals surface area (Å²) in [6.45, 7) is 0. The Balaban J connectivity index is 1.24. The zero-order valence-electron chi connectivity index (χ0n) is 24.4. The Morgan fingerprint density at radius 2 is 1.04 bits per heavy atom. The maximum atomic E-state index is 13.1. The Morgan fingerprint density at radius 1 is 0.556 bits per heavy atom. The van der Waals surface area contributed by atoms with E-state index in [-0.39, 0.29) is 24.4 Å². The second-order valence-electron chi connectivity index (χ2n) is 11.5. The summed E-state index contributed by atoms with van der Waals surface area (Å²) in [5.74, 6) is 12.4. The van der Waals surface area contributed by atoms with Gasteiger partial charge in [0.2, 0.25) is 0 Å². The van der Waals surface area contributed by atoms with Crippen LogP contribution in [0.25, 0.3) is 0 Å². The molecule has 2 unspecified atom stereocenters. The van der Waals surface area contributed by atoms with Crippen molar-refractivity contribution in [3.05, 3.63) is 177 Å². The van der Waals surface area contributed by atoms with Crippen molar-refractivity contribution in [2.75, 3.05) is 0 Å². The van der Waals surface area contributed by atoms with Gasteiger partial charge in [0, 0.05) is 58.2 Å². The highest BCUT2D eigenvalue weighted by Gasteiger charge is 2.39. The van der Waals surface area contributed by atoms with E-state index in [1.54, 1.807) is 42.5 Å². The number of carbonyl (C=O) groups is 2. The summed E-state index contributed by atoms with van der Waals surface area (Å²) in [7, 11) is 0. The fourth-order valence-corrected chi connectivity index (χ4v) is 6.43. The predicted octanol–water partition coefficient (Wildman–Crippen LogP) is 5.93. The van der Waals surface area contributed by atoms with E-state index in [1.807, 2.05) is 78.9 Å². The third-order valence-electron chi connectivity index (χ3n) is 8.63. The minimum atomic E-state index is -1.67. The van der Waals surface area contributed by atoms with E-state index < -0.39 is 11.2 Å². The molecule has 2 atom stereocenters. The quantitative estimate of drug-likeness (QED) is 0.240. The van der Waals surface area contributed by atoms with Crippen LogP contribution in [0.4, 0.5) is 0 Å². The first-order chi connectivity index (χ1) is 21.9. The monoisotopic (exact) mass is 584 g/mol. The van der Waals surface area contributed by atoms with Crippen LogP contribution in [-0.4, -0.2) is 21.8 Å². The van der Waals surface area contributed by atoms with Gasteiger partial charge in [0.15, 0.2) is 22.8 Å². The zero-order valence-corrected chi connectivity index (χ0v) is 24.4. The van der Waals surface area contributed by atoms with Crippen LogP contribution < -0.4 is 0 Å². The molecule has 0 amide bonds. The van der Waals surface area contributed by atoms with Crippen molar-refractivity contribution in [3.63, 3.8) is 0 Å². The van der Waals surface area contributed by atoms with E-state index in [1.165, 1.54) is 0 Å². The number of carbonyl (C=O) groups excluding carboxylic acids is 2. The highest BCUT2D eigenvalue weighted by Crippen LogP contribution is 2.38. The van der Waals surface area contributed by atoms with Crippen LogP contribution in [0.3, 0.4) is 0 Å². The Morgan fingerprint density at radius 3 is 1.62 bits per heavy atom. The molecule has 5 aromatic rings. The number of hydrogen-bond acceptors (Lipinski definition) is 4. The molecule has 0 fully saturated rings. The first-order valence-corrected chi connectivity index (χ1v) is 14.9. The molecule has 0 bridgehead atoms. The number of hydrogen-bond donors (Lipinski definition) is 2. The topological polar surface area (TPSA) is 74.6 Å². The second kappa shape index (κ2) is 11.2. The zero-order chi connectivity index (χ0) is 31.0. The molecule has 0 radical (unpaired) electrons. The van der Waals surface area contributed by atoms with Crippen molar-refractivity contribution in [1.29, 1.82) is 0 Å². The Hall–Kier alpha value is -5.52. The van der Waals surface area contributed by atoms with E-state index in [9.17, 15) is 19.8 Å². The molecule has 45 heavy (non-hydrogen) atoms. The van der Waals surface area contributed by atoms with Gasteiger partial charge >= 0.3 is 0 Å². The molecule has 0 aromatic heterocycles.